The van der Waals surface area contributed by atoms with Crippen molar-refractivity contribution in [3.63, 3.8) is 0 Å². The van der Waals surface area contributed by atoms with Crippen molar-refractivity contribution >= 4 is 0 Å². The molecule has 1 aliphatic heterocycles. The standard InChI is InChI=1S/C18H35NO2/c1-4-12-19-17(16-9-7-6-8-15(16)5-2)18(20-3)10-13-21-14-11-18/h15-17,19H,4-14H2,1-3H3. The van der Waals surface area contributed by atoms with Crippen molar-refractivity contribution < 1.29 is 9.47 Å². The molecule has 0 spiro atoms. The first kappa shape index (κ1) is 17.2. The quantitative estimate of drug-likeness (QED) is 0.776. The van der Waals surface area contributed by atoms with Crippen molar-refractivity contribution in [1.29, 1.82) is 0 Å². The van der Waals surface area contributed by atoms with Crippen LogP contribution in [0, 0.1) is 11.8 Å². The molecule has 1 aliphatic carbocycles. The van der Waals surface area contributed by atoms with Crippen LogP contribution in [0.25, 0.3) is 0 Å². The van der Waals surface area contributed by atoms with Crippen LogP contribution in [0.2, 0.25) is 0 Å². The van der Waals surface area contributed by atoms with Gasteiger partial charge in [0, 0.05) is 39.2 Å². The SMILES string of the molecule is CCCNC(C1CCCCC1CC)C1(OC)CCOCC1. The number of nitrogens with one attached hydrogen (secondary N) is 1. The van der Waals surface area contributed by atoms with Crippen molar-refractivity contribution in [2.45, 2.75) is 76.9 Å². The van der Waals surface area contributed by atoms with E-state index in [9.17, 15) is 0 Å². The van der Waals surface area contributed by atoms with Gasteiger partial charge < -0.3 is 14.8 Å². The van der Waals surface area contributed by atoms with Crippen LogP contribution in [0.4, 0.5) is 0 Å². The highest BCUT2D eigenvalue weighted by Crippen LogP contribution is 2.41. The summed E-state index contributed by atoms with van der Waals surface area (Å²) in [5.41, 5.74) is -0.0111. The molecule has 21 heavy (non-hydrogen) atoms. The van der Waals surface area contributed by atoms with Gasteiger partial charge in [-0.1, -0.05) is 39.5 Å². The molecule has 1 N–H and O–H groups in total. The van der Waals surface area contributed by atoms with Gasteiger partial charge in [0.1, 0.15) is 0 Å². The van der Waals surface area contributed by atoms with Gasteiger partial charge in [-0.2, -0.15) is 0 Å². The van der Waals surface area contributed by atoms with Gasteiger partial charge in [-0.3, -0.25) is 0 Å². The van der Waals surface area contributed by atoms with E-state index < -0.39 is 0 Å². The van der Waals surface area contributed by atoms with E-state index in [0.29, 0.717) is 6.04 Å². The average Bonchev–Trinajstić information content (AvgIpc) is 2.56. The molecule has 3 heteroatoms. The predicted molar refractivity (Wildman–Crippen MR) is 87.6 cm³/mol. The van der Waals surface area contributed by atoms with Crippen molar-refractivity contribution in [2.24, 2.45) is 11.8 Å². The Morgan fingerprint density at radius 1 is 1.19 bits per heavy atom. The van der Waals surface area contributed by atoms with Gasteiger partial charge >= 0.3 is 0 Å². The summed E-state index contributed by atoms with van der Waals surface area (Å²) in [6, 6.07) is 0.497. The molecule has 3 atom stereocenters. The predicted octanol–water partition coefficient (Wildman–Crippen LogP) is 3.77. The highest BCUT2D eigenvalue weighted by atomic mass is 16.5. The molecule has 3 nitrogen and oxygen atoms in total. The van der Waals surface area contributed by atoms with E-state index in [2.05, 4.69) is 19.2 Å². The number of rotatable bonds is 7. The van der Waals surface area contributed by atoms with E-state index in [1.165, 1.54) is 38.5 Å². The third-order valence-electron chi connectivity index (χ3n) is 5.85. The van der Waals surface area contributed by atoms with Crippen LogP contribution in [0.5, 0.6) is 0 Å². The van der Waals surface area contributed by atoms with Crippen LogP contribution in [0.1, 0.15) is 65.2 Å². The van der Waals surface area contributed by atoms with Crippen LogP contribution in [-0.4, -0.2) is 38.5 Å². The topological polar surface area (TPSA) is 30.5 Å². The molecule has 3 unspecified atom stereocenters. The summed E-state index contributed by atoms with van der Waals surface area (Å²) in [5, 5.41) is 3.88. The Hall–Kier alpha value is -0.120. The largest absolute Gasteiger partial charge is 0.381 e. The maximum absolute atomic E-state index is 6.14. The molecule has 124 valence electrons. The highest BCUT2D eigenvalue weighted by molar-refractivity contribution is 5.00. The Labute approximate surface area is 131 Å². The van der Waals surface area contributed by atoms with Gasteiger partial charge in [0.15, 0.2) is 0 Å². The van der Waals surface area contributed by atoms with Gasteiger partial charge in [0.05, 0.1) is 5.60 Å². The van der Waals surface area contributed by atoms with Crippen molar-refractivity contribution in [3.05, 3.63) is 0 Å². The summed E-state index contributed by atoms with van der Waals surface area (Å²) in [4.78, 5) is 0. The Morgan fingerprint density at radius 2 is 1.90 bits per heavy atom. The van der Waals surface area contributed by atoms with Gasteiger partial charge in [-0.15, -0.1) is 0 Å². The third-order valence-corrected chi connectivity index (χ3v) is 5.85. The maximum atomic E-state index is 6.14. The van der Waals surface area contributed by atoms with Crippen LogP contribution in [0.15, 0.2) is 0 Å². The van der Waals surface area contributed by atoms with Crippen molar-refractivity contribution in [1.82, 2.24) is 5.32 Å². The van der Waals surface area contributed by atoms with E-state index in [0.717, 1.165) is 44.4 Å². The lowest BCUT2D eigenvalue weighted by molar-refractivity contribution is -0.127. The lowest BCUT2D eigenvalue weighted by Gasteiger charge is -2.49. The molecule has 0 aromatic rings. The summed E-state index contributed by atoms with van der Waals surface area (Å²) in [5.74, 6) is 1.64. The molecular weight excluding hydrogens is 262 g/mol. The van der Waals surface area contributed by atoms with E-state index in [-0.39, 0.29) is 5.60 Å². The fourth-order valence-corrected chi connectivity index (χ4v) is 4.57. The first-order valence-electron chi connectivity index (χ1n) is 9.13. The molecule has 2 rings (SSSR count). The minimum absolute atomic E-state index is 0.0111. The zero-order valence-corrected chi connectivity index (χ0v) is 14.3. The Bertz CT molecular complexity index is 289. The Kier molecular flexibility index (Phi) is 6.97. The highest BCUT2D eigenvalue weighted by Gasteiger charge is 2.46. The number of hydrogen-bond acceptors (Lipinski definition) is 3. The molecule has 1 heterocycles. The monoisotopic (exact) mass is 297 g/mol. The second-order valence-electron chi connectivity index (χ2n) is 6.93. The molecule has 0 amide bonds. The minimum atomic E-state index is -0.0111. The molecule has 0 aromatic heterocycles. The first-order chi connectivity index (χ1) is 10.3. The second kappa shape index (κ2) is 8.50. The summed E-state index contributed by atoms with van der Waals surface area (Å²) in [6.07, 6.45) is 10.2. The second-order valence-corrected chi connectivity index (χ2v) is 6.93. The van der Waals surface area contributed by atoms with Gasteiger partial charge in [0.2, 0.25) is 0 Å². The smallest absolute Gasteiger partial charge is 0.0877 e. The van der Waals surface area contributed by atoms with Crippen LogP contribution >= 0.6 is 0 Å². The fourth-order valence-electron chi connectivity index (χ4n) is 4.57. The van der Waals surface area contributed by atoms with Crippen molar-refractivity contribution in [3.8, 4) is 0 Å². The average molecular weight is 297 g/mol. The van der Waals surface area contributed by atoms with E-state index in [1.807, 2.05) is 7.11 Å². The molecule has 0 radical (unpaired) electrons. The first-order valence-corrected chi connectivity index (χ1v) is 9.13. The molecule has 2 aliphatic rings. The van der Waals surface area contributed by atoms with E-state index in [1.54, 1.807) is 0 Å². The van der Waals surface area contributed by atoms with Crippen LogP contribution in [-0.2, 0) is 9.47 Å². The number of ether oxygens (including phenoxy) is 2. The maximum Gasteiger partial charge on any atom is 0.0877 e. The van der Waals surface area contributed by atoms with Crippen LogP contribution < -0.4 is 5.32 Å². The molecule has 2 fully saturated rings. The number of hydrogen-bond donors (Lipinski definition) is 1. The zero-order valence-electron chi connectivity index (χ0n) is 14.3. The van der Waals surface area contributed by atoms with Gasteiger partial charge in [-0.05, 0) is 31.2 Å². The normalized spacial score (nSPS) is 31.0. The third kappa shape index (κ3) is 4.00. The summed E-state index contributed by atoms with van der Waals surface area (Å²) < 4.78 is 11.8. The molecule has 1 saturated heterocycles. The molecule has 0 bridgehead atoms. The van der Waals surface area contributed by atoms with E-state index >= 15 is 0 Å². The van der Waals surface area contributed by atoms with Crippen LogP contribution in [0.3, 0.4) is 0 Å². The molecule has 1 saturated carbocycles. The Morgan fingerprint density at radius 3 is 2.52 bits per heavy atom. The minimum Gasteiger partial charge on any atom is -0.381 e. The number of methoxy groups -OCH3 is 1. The van der Waals surface area contributed by atoms with Gasteiger partial charge in [0.25, 0.3) is 0 Å². The van der Waals surface area contributed by atoms with Crippen molar-refractivity contribution in [2.75, 3.05) is 26.9 Å². The lowest BCUT2D eigenvalue weighted by Crippen LogP contribution is -2.60. The van der Waals surface area contributed by atoms with E-state index in [4.69, 9.17) is 9.47 Å². The molecular formula is C18H35NO2. The summed E-state index contributed by atoms with van der Waals surface area (Å²) in [7, 11) is 1.91. The van der Waals surface area contributed by atoms with Gasteiger partial charge in [-0.25, -0.2) is 0 Å². The Balaban J connectivity index is 2.18. The zero-order chi connectivity index (χ0) is 15.1. The summed E-state index contributed by atoms with van der Waals surface area (Å²) in [6.45, 7) is 7.42. The fraction of sp³-hybridized carbons (Fsp3) is 1.00. The summed E-state index contributed by atoms with van der Waals surface area (Å²) >= 11 is 0. The lowest BCUT2D eigenvalue weighted by atomic mass is 9.67. The molecule has 0 aromatic carbocycles.